The molecule has 2 heterocycles. The zero-order valence-corrected chi connectivity index (χ0v) is 12.4. The minimum absolute atomic E-state index is 0.0457. The second-order valence-corrected chi connectivity index (χ2v) is 7.31. The molecule has 0 saturated carbocycles. The molecule has 0 saturated heterocycles. The van der Waals surface area contributed by atoms with Gasteiger partial charge in [-0.3, -0.25) is 14.8 Å². The molecule has 0 aliphatic carbocycles. The summed E-state index contributed by atoms with van der Waals surface area (Å²) >= 11 is 6.69. The smallest absolute Gasteiger partial charge is 0.258 e. The molecule has 0 atom stereocenters. The highest BCUT2D eigenvalue weighted by Gasteiger charge is 2.23. The van der Waals surface area contributed by atoms with Crippen molar-refractivity contribution in [2.45, 2.75) is 11.1 Å². The fraction of sp³-hybridized carbons (Fsp3) is 0.100. The molecule has 1 N–H and O–H groups in total. The molecule has 10 heteroatoms. The van der Waals surface area contributed by atoms with Gasteiger partial charge in [-0.25, -0.2) is 13.4 Å². The normalized spacial score (nSPS) is 11.3. The summed E-state index contributed by atoms with van der Waals surface area (Å²) < 4.78 is 26.3. The van der Waals surface area contributed by atoms with Crippen molar-refractivity contribution in [3.63, 3.8) is 0 Å². The number of halogens is 1. The fourth-order valence-electron chi connectivity index (χ4n) is 1.38. The second kappa shape index (κ2) is 5.35. The van der Waals surface area contributed by atoms with Crippen LogP contribution < -0.4 is 4.72 Å². The standard InChI is InChI=1S/C10H8ClN3O4S2/c1-6-2-5-9(19-6)20(17,18)13-10-7(14(15)16)3-4-8(11)12-10/h2-5H,1H3,(H,12,13). The van der Waals surface area contributed by atoms with Crippen molar-refractivity contribution in [3.05, 3.63) is 44.4 Å². The Morgan fingerprint density at radius 3 is 2.60 bits per heavy atom. The summed E-state index contributed by atoms with van der Waals surface area (Å²) in [7, 11) is -3.92. The highest BCUT2D eigenvalue weighted by molar-refractivity contribution is 7.94. The lowest BCUT2D eigenvalue weighted by atomic mass is 10.4. The minimum Gasteiger partial charge on any atom is -0.258 e. The average Bonchev–Trinajstić information content (AvgIpc) is 2.75. The molecule has 0 radical (unpaired) electrons. The molecule has 0 aliphatic heterocycles. The molecule has 20 heavy (non-hydrogen) atoms. The fourth-order valence-corrected chi connectivity index (χ4v) is 3.83. The molecule has 0 bridgehead atoms. The van der Waals surface area contributed by atoms with E-state index in [0.29, 0.717) is 0 Å². The molecule has 2 aromatic heterocycles. The maximum absolute atomic E-state index is 12.1. The number of nitrogens with zero attached hydrogens (tertiary/aromatic N) is 2. The lowest BCUT2D eigenvalue weighted by Gasteiger charge is -2.06. The Kier molecular flexibility index (Phi) is 3.93. The van der Waals surface area contributed by atoms with Crippen molar-refractivity contribution >= 4 is 44.5 Å². The predicted octanol–water partition coefficient (Wildman–Crippen LogP) is 2.81. The molecular formula is C10H8ClN3O4S2. The number of hydrogen-bond donors (Lipinski definition) is 1. The number of sulfonamides is 1. The first-order valence-corrected chi connectivity index (χ1v) is 7.87. The second-order valence-electron chi connectivity index (χ2n) is 3.73. The van der Waals surface area contributed by atoms with E-state index in [1.807, 2.05) is 0 Å². The highest BCUT2D eigenvalue weighted by Crippen LogP contribution is 2.28. The van der Waals surface area contributed by atoms with Crippen molar-refractivity contribution in [1.82, 2.24) is 4.98 Å². The van der Waals surface area contributed by atoms with Crippen molar-refractivity contribution in [2.75, 3.05) is 4.72 Å². The van der Waals surface area contributed by atoms with Crippen LogP contribution in [0.5, 0.6) is 0 Å². The van der Waals surface area contributed by atoms with Gasteiger partial charge in [0.25, 0.3) is 10.0 Å². The Labute approximate surface area is 123 Å². The van der Waals surface area contributed by atoms with Crippen LogP contribution in [0.1, 0.15) is 4.88 Å². The maximum atomic E-state index is 12.1. The Bertz CT molecular complexity index is 773. The largest absolute Gasteiger partial charge is 0.312 e. The summed E-state index contributed by atoms with van der Waals surface area (Å²) in [4.78, 5) is 14.6. The SMILES string of the molecule is Cc1ccc(S(=O)(=O)Nc2nc(Cl)ccc2[N+](=O)[O-])s1. The number of anilines is 1. The first kappa shape index (κ1) is 14.7. The third-order valence-corrected chi connectivity index (χ3v) is 5.29. The molecular weight excluding hydrogens is 326 g/mol. The first-order chi connectivity index (χ1) is 9.29. The number of nitrogens with one attached hydrogen (secondary N) is 1. The molecule has 7 nitrogen and oxygen atoms in total. The average molecular weight is 334 g/mol. The number of nitro groups is 1. The summed E-state index contributed by atoms with van der Waals surface area (Å²) in [6, 6.07) is 5.36. The number of pyridine rings is 1. The predicted molar refractivity (Wildman–Crippen MR) is 75.8 cm³/mol. The summed E-state index contributed by atoms with van der Waals surface area (Å²) in [5, 5.41) is 10.8. The van der Waals surface area contributed by atoms with Crippen molar-refractivity contribution in [3.8, 4) is 0 Å². The van der Waals surface area contributed by atoms with Crippen LogP contribution in [0.4, 0.5) is 11.5 Å². The Morgan fingerprint density at radius 1 is 1.35 bits per heavy atom. The molecule has 106 valence electrons. The van der Waals surface area contributed by atoms with E-state index in [4.69, 9.17) is 11.6 Å². The summed E-state index contributed by atoms with van der Waals surface area (Å²) in [6.07, 6.45) is 0. The van der Waals surface area contributed by atoms with Gasteiger partial charge in [0.05, 0.1) is 4.92 Å². The number of aromatic nitrogens is 1. The molecule has 0 aliphatic rings. The quantitative estimate of drug-likeness (QED) is 0.526. The Morgan fingerprint density at radius 2 is 2.05 bits per heavy atom. The van der Waals surface area contributed by atoms with E-state index in [2.05, 4.69) is 9.71 Å². The number of aryl methyl sites for hydroxylation is 1. The third kappa shape index (κ3) is 3.06. The van der Waals surface area contributed by atoms with Crippen LogP contribution in [0.25, 0.3) is 0 Å². The summed E-state index contributed by atoms with van der Waals surface area (Å²) in [5.74, 6) is -0.409. The number of rotatable bonds is 4. The van der Waals surface area contributed by atoms with Gasteiger partial charge in [0.2, 0.25) is 5.82 Å². The molecule has 0 unspecified atom stereocenters. The molecule has 0 fully saturated rings. The van der Waals surface area contributed by atoms with Crippen molar-refractivity contribution in [2.24, 2.45) is 0 Å². The van der Waals surface area contributed by atoms with Gasteiger partial charge in [-0.15, -0.1) is 11.3 Å². The molecule has 2 rings (SSSR count). The number of thiophene rings is 1. The molecule has 2 aromatic rings. The van der Waals surface area contributed by atoms with Crippen LogP contribution in [0.15, 0.2) is 28.5 Å². The monoisotopic (exact) mass is 333 g/mol. The molecule has 0 amide bonds. The van der Waals surface area contributed by atoms with Crippen molar-refractivity contribution in [1.29, 1.82) is 0 Å². The van der Waals surface area contributed by atoms with E-state index in [-0.39, 0.29) is 9.36 Å². The van der Waals surface area contributed by atoms with E-state index >= 15 is 0 Å². The van der Waals surface area contributed by atoms with E-state index < -0.39 is 26.5 Å². The van der Waals surface area contributed by atoms with Crippen LogP contribution >= 0.6 is 22.9 Å². The van der Waals surface area contributed by atoms with Crippen LogP contribution in [0.2, 0.25) is 5.15 Å². The highest BCUT2D eigenvalue weighted by atomic mass is 35.5. The van der Waals surface area contributed by atoms with Crippen LogP contribution in [0, 0.1) is 17.0 Å². The van der Waals surface area contributed by atoms with Gasteiger partial charge >= 0.3 is 5.69 Å². The van der Waals surface area contributed by atoms with Crippen LogP contribution in [0.3, 0.4) is 0 Å². The van der Waals surface area contributed by atoms with Crippen LogP contribution in [-0.2, 0) is 10.0 Å². The number of hydrogen-bond acceptors (Lipinski definition) is 6. The maximum Gasteiger partial charge on any atom is 0.312 e. The Balaban J connectivity index is 2.44. The van der Waals surface area contributed by atoms with Gasteiger partial charge in [-0.1, -0.05) is 11.6 Å². The van der Waals surface area contributed by atoms with E-state index in [9.17, 15) is 18.5 Å². The summed E-state index contributed by atoms with van der Waals surface area (Å²) in [6.45, 7) is 1.75. The molecule has 0 spiro atoms. The van der Waals surface area contributed by atoms with Crippen molar-refractivity contribution < 1.29 is 13.3 Å². The zero-order chi connectivity index (χ0) is 14.9. The van der Waals surface area contributed by atoms with E-state index in [1.165, 1.54) is 12.1 Å². The minimum atomic E-state index is -3.92. The van der Waals surface area contributed by atoms with Gasteiger partial charge in [0.1, 0.15) is 9.36 Å². The van der Waals surface area contributed by atoms with Crippen LogP contribution in [-0.4, -0.2) is 18.3 Å². The van der Waals surface area contributed by atoms with E-state index in [1.54, 1.807) is 13.0 Å². The zero-order valence-electron chi connectivity index (χ0n) is 10.0. The van der Waals surface area contributed by atoms with E-state index in [0.717, 1.165) is 22.3 Å². The Hall–Kier alpha value is -1.71. The first-order valence-electron chi connectivity index (χ1n) is 5.20. The third-order valence-electron chi connectivity index (χ3n) is 2.25. The van der Waals surface area contributed by atoms with Gasteiger partial charge < -0.3 is 0 Å². The van der Waals surface area contributed by atoms with Gasteiger partial charge in [-0.2, -0.15) is 0 Å². The van der Waals surface area contributed by atoms with Gasteiger partial charge in [-0.05, 0) is 25.1 Å². The molecule has 0 aromatic carbocycles. The van der Waals surface area contributed by atoms with Gasteiger partial charge in [0, 0.05) is 10.9 Å². The lowest BCUT2D eigenvalue weighted by Crippen LogP contribution is -2.14. The lowest BCUT2D eigenvalue weighted by molar-refractivity contribution is -0.384. The van der Waals surface area contributed by atoms with Gasteiger partial charge in [0.15, 0.2) is 0 Å². The topological polar surface area (TPSA) is 102 Å². The summed E-state index contributed by atoms with van der Waals surface area (Å²) in [5.41, 5.74) is -0.466.